The molecule has 0 saturated carbocycles. The van der Waals surface area contributed by atoms with Gasteiger partial charge in [-0.25, -0.2) is 4.98 Å². The van der Waals surface area contributed by atoms with Crippen LogP contribution in [0.4, 0.5) is 5.82 Å². The van der Waals surface area contributed by atoms with Gasteiger partial charge in [0.2, 0.25) is 0 Å². The first-order valence-electron chi connectivity index (χ1n) is 7.74. The quantitative estimate of drug-likeness (QED) is 0.882. The molecule has 0 bridgehead atoms. The van der Waals surface area contributed by atoms with E-state index in [0.29, 0.717) is 0 Å². The van der Waals surface area contributed by atoms with Crippen molar-refractivity contribution in [1.29, 1.82) is 0 Å². The van der Waals surface area contributed by atoms with Crippen LogP contribution in [-0.2, 0) is 6.54 Å². The summed E-state index contributed by atoms with van der Waals surface area (Å²) in [7, 11) is 0. The molecule has 2 heterocycles. The van der Waals surface area contributed by atoms with Gasteiger partial charge in [0.25, 0.3) is 0 Å². The van der Waals surface area contributed by atoms with Gasteiger partial charge in [0, 0.05) is 25.8 Å². The van der Waals surface area contributed by atoms with Gasteiger partial charge >= 0.3 is 0 Å². The summed E-state index contributed by atoms with van der Waals surface area (Å²) in [5.74, 6) is 2.06. The molecule has 2 rings (SSSR count). The molecule has 0 aromatic carbocycles. The Hall–Kier alpha value is -1.09. The summed E-state index contributed by atoms with van der Waals surface area (Å²) in [5.41, 5.74) is 1.27. The van der Waals surface area contributed by atoms with Crippen LogP contribution in [0, 0.1) is 5.92 Å². The smallest absolute Gasteiger partial charge is 0.128 e. The van der Waals surface area contributed by atoms with Crippen molar-refractivity contribution in [3.8, 4) is 0 Å². The van der Waals surface area contributed by atoms with Crippen LogP contribution in [0.25, 0.3) is 0 Å². The summed E-state index contributed by atoms with van der Waals surface area (Å²) in [5, 5.41) is 3.33. The van der Waals surface area contributed by atoms with E-state index in [-0.39, 0.29) is 0 Å². The zero-order valence-corrected chi connectivity index (χ0v) is 12.4. The highest BCUT2D eigenvalue weighted by atomic mass is 15.2. The fourth-order valence-electron chi connectivity index (χ4n) is 2.78. The van der Waals surface area contributed by atoms with E-state index in [1.54, 1.807) is 0 Å². The lowest BCUT2D eigenvalue weighted by Gasteiger charge is -2.21. The lowest BCUT2D eigenvalue weighted by atomic mass is 9.98. The van der Waals surface area contributed by atoms with E-state index < -0.39 is 0 Å². The molecule has 1 unspecified atom stereocenters. The third-order valence-corrected chi connectivity index (χ3v) is 4.14. The number of hydrogen-bond donors (Lipinski definition) is 1. The van der Waals surface area contributed by atoms with E-state index in [1.807, 2.05) is 6.20 Å². The van der Waals surface area contributed by atoms with Gasteiger partial charge < -0.3 is 10.2 Å². The predicted octanol–water partition coefficient (Wildman–Crippen LogP) is 3.21. The van der Waals surface area contributed by atoms with Crippen molar-refractivity contribution in [3.05, 3.63) is 23.9 Å². The molecule has 0 radical (unpaired) electrons. The summed E-state index contributed by atoms with van der Waals surface area (Å²) in [6, 6.07) is 4.38. The van der Waals surface area contributed by atoms with Crippen LogP contribution in [0.15, 0.2) is 18.3 Å². The number of nitrogens with one attached hydrogen (secondary N) is 1. The zero-order chi connectivity index (χ0) is 13.5. The van der Waals surface area contributed by atoms with Crippen molar-refractivity contribution >= 4 is 5.82 Å². The average Bonchev–Trinajstić information content (AvgIpc) is 2.71. The van der Waals surface area contributed by atoms with E-state index >= 15 is 0 Å². The third kappa shape index (κ3) is 4.20. The maximum Gasteiger partial charge on any atom is 0.128 e. The second kappa shape index (κ2) is 7.49. The first kappa shape index (κ1) is 14.3. The highest BCUT2D eigenvalue weighted by Gasteiger charge is 2.16. The highest BCUT2D eigenvalue weighted by molar-refractivity contribution is 5.39. The molecule has 1 fully saturated rings. The average molecular weight is 261 g/mol. The number of rotatable bonds is 5. The lowest BCUT2D eigenvalue weighted by molar-refractivity contribution is 0.459. The monoisotopic (exact) mass is 261 g/mol. The van der Waals surface area contributed by atoms with Crippen molar-refractivity contribution in [3.63, 3.8) is 0 Å². The summed E-state index contributed by atoms with van der Waals surface area (Å²) in [4.78, 5) is 7.08. The first-order chi connectivity index (χ1) is 9.33. The lowest BCUT2D eigenvalue weighted by Crippen LogP contribution is -2.25. The van der Waals surface area contributed by atoms with Gasteiger partial charge in [-0.2, -0.15) is 0 Å². The van der Waals surface area contributed by atoms with E-state index in [2.05, 4.69) is 41.2 Å². The fourth-order valence-corrected chi connectivity index (χ4v) is 2.78. The Morgan fingerprint density at radius 3 is 2.84 bits per heavy atom. The molecular weight excluding hydrogens is 234 g/mol. The molecule has 1 aromatic rings. The van der Waals surface area contributed by atoms with E-state index in [4.69, 9.17) is 0 Å². The Balaban J connectivity index is 1.93. The molecule has 0 spiro atoms. The van der Waals surface area contributed by atoms with E-state index in [9.17, 15) is 0 Å². The summed E-state index contributed by atoms with van der Waals surface area (Å²) in [6.07, 6.45) is 7.34. The molecule has 1 N–H and O–H groups in total. The standard InChI is InChI=1S/C16H27N3/c1-3-14-6-5-10-19(11-9-14)16-8-7-15(13-18-16)12-17-4-2/h7-8,13-14,17H,3-6,9-12H2,1-2H3. The van der Waals surface area contributed by atoms with Crippen molar-refractivity contribution < 1.29 is 0 Å². The molecule has 1 aliphatic rings. The molecular formula is C16H27N3. The molecule has 19 heavy (non-hydrogen) atoms. The van der Waals surface area contributed by atoms with Crippen LogP contribution in [0.1, 0.15) is 45.1 Å². The molecule has 0 amide bonds. The third-order valence-electron chi connectivity index (χ3n) is 4.14. The van der Waals surface area contributed by atoms with Gasteiger partial charge in [0.15, 0.2) is 0 Å². The number of hydrogen-bond acceptors (Lipinski definition) is 3. The Morgan fingerprint density at radius 2 is 2.16 bits per heavy atom. The van der Waals surface area contributed by atoms with Crippen LogP contribution in [0.5, 0.6) is 0 Å². The molecule has 1 aliphatic heterocycles. The Kier molecular flexibility index (Phi) is 5.64. The number of anilines is 1. The molecule has 3 nitrogen and oxygen atoms in total. The summed E-state index contributed by atoms with van der Waals surface area (Å²) in [6.45, 7) is 8.69. The van der Waals surface area contributed by atoms with Crippen molar-refractivity contribution in [2.24, 2.45) is 5.92 Å². The van der Waals surface area contributed by atoms with Gasteiger partial charge in [0.1, 0.15) is 5.82 Å². The first-order valence-corrected chi connectivity index (χ1v) is 7.74. The van der Waals surface area contributed by atoms with Gasteiger partial charge in [-0.3, -0.25) is 0 Å². The molecule has 0 aliphatic carbocycles. The second-order valence-corrected chi connectivity index (χ2v) is 5.50. The number of nitrogens with zero attached hydrogens (tertiary/aromatic N) is 2. The molecule has 1 saturated heterocycles. The van der Waals surface area contributed by atoms with Crippen molar-refractivity contribution in [2.45, 2.75) is 46.1 Å². The van der Waals surface area contributed by atoms with Crippen LogP contribution >= 0.6 is 0 Å². The second-order valence-electron chi connectivity index (χ2n) is 5.50. The maximum atomic E-state index is 4.63. The normalized spacial score (nSPS) is 20.3. The Morgan fingerprint density at radius 1 is 1.26 bits per heavy atom. The Bertz CT molecular complexity index is 361. The Labute approximate surface area is 117 Å². The predicted molar refractivity (Wildman–Crippen MR) is 81.5 cm³/mol. The molecule has 1 atom stereocenters. The fraction of sp³-hybridized carbons (Fsp3) is 0.688. The number of aromatic nitrogens is 1. The molecule has 106 valence electrons. The minimum Gasteiger partial charge on any atom is -0.357 e. The molecule has 3 heteroatoms. The van der Waals surface area contributed by atoms with Gasteiger partial charge in [0.05, 0.1) is 0 Å². The SMILES string of the molecule is CCNCc1ccc(N2CCCC(CC)CC2)nc1. The van der Waals surface area contributed by atoms with Gasteiger partial charge in [-0.05, 0) is 43.4 Å². The molecule has 1 aromatic heterocycles. The zero-order valence-electron chi connectivity index (χ0n) is 12.4. The maximum absolute atomic E-state index is 4.63. The summed E-state index contributed by atoms with van der Waals surface area (Å²) < 4.78 is 0. The van der Waals surface area contributed by atoms with Crippen LogP contribution in [0.3, 0.4) is 0 Å². The largest absolute Gasteiger partial charge is 0.357 e. The van der Waals surface area contributed by atoms with Crippen LogP contribution in [-0.4, -0.2) is 24.6 Å². The van der Waals surface area contributed by atoms with Gasteiger partial charge in [-0.15, -0.1) is 0 Å². The van der Waals surface area contributed by atoms with Crippen molar-refractivity contribution in [2.75, 3.05) is 24.5 Å². The van der Waals surface area contributed by atoms with Crippen molar-refractivity contribution in [1.82, 2.24) is 10.3 Å². The number of pyridine rings is 1. The van der Waals surface area contributed by atoms with E-state index in [0.717, 1.165) is 37.9 Å². The summed E-state index contributed by atoms with van der Waals surface area (Å²) >= 11 is 0. The topological polar surface area (TPSA) is 28.2 Å². The van der Waals surface area contributed by atoms with Gasteiger partial charge in [-0.1, -0.05) is 26.3 Å². The highest BCUT2D eigenvalue weighted by Crippen LogP contribution is 2.23. The van der Waals surface area contributed by atoms with Crippen LogP contribution in [0.2, 0.25) is 0 Å². The minimum atomic E-state index is 0.915. The van der Waals surface area contributed by atoms with E-state index in [1.165, 1.54) is 31.2 Å². The van der Waals surface area contributed by atoms with Crippen LogP contribution < -0.4 is 10.2 Å². The minimum absolute atomic E-state index is 0.915.